The van der Waals surface area contributed by atoms with Gasteiger partial charge in [-0.05, 0) is 26.0 Å². The molecule has 5 heteroatoms. The third-order valence-corrected chi connectivity index (χ3v) is 2.68. The molecule has 1 aromatic carbocycles. The van der Waals surface area contributed by atoms with E-state index in [1.807, 2.05) is 18.4 Å². The van der Waals surface area contributed by atoms with E-state index in [9.17, 15) is 4.39 Å². The van der Waals surface area contributed by atoms with Gasteiger partial charge < -0.3 is 15.0 Å². The van der Waals surface area contributed by atoms with Crippen molar-refractivity contribution in [3.05, 3.63) is 24.0 Å². The lowest BCUT2D eigenvalue weighted by molar-refractivity contribution is 0.120. The van der Waals surface area contributed by atoms with E-state index in [-0.39, 0.29) is 11.9 Å². The van der Waals surface area contributed by atoms with Crippen LogP contribution in [0.5, 0.6) is 0 Å². The van der Waals surface area contributed by atoms with E-state index in [1.165, 1.54) is 12.1 Å². The molecule has 4 nitrogen and oxygen atoms in total. The number of imidazole rings is 1. The molecule has 0 saturated heterocycles. The highest BCUT2D eigenvalue weighted by atomic mass is 19.1. The topological polar surface area (TPSA) is 53.1 Å². The minimum absolute atomic E-state index is 0.0745. The number of halogens is 1. The van der Waals surface area contributed by atoms with Crippen LogP contribution >= 0.6 is 0 Å². The molecule has 1 aromatic heterocycles. The fourth-order valence-electron chi connectivity index (χ4n) is 1.92. The maximum Gasteiger partial charge on any atom is 0.201 e. The van der Waals surface area contributed by atoms with Crippen molar-refractivity contribution in [1.29, 1.82) is 0 Å². The first kappa shape index (κ1) is 11.9. The number of hydrogen-bond donors (Lipinski definition) is 1. The predicted octanol–water partition coefficient (Wildman–Crippen LogP) is 2.36. The third-order valence-electron chi connectivity index (χ3n) is 2.68. The van der Waals surface area contributed by atoms with Crippen LogP contribution in [0.3, 0.4) is 0 Å². The van der Waals surface area contributed by atoms with Crippen LogP contribution in [-0.4, -0.2) is 22.8 Å². The first-order chi connectivity index (χ1) is 8.13. The summed E-state index contributed by atoms with van der Waals surface area (Å²) in [5.41, 5.74) is 7.25. The van der Waals surface area contributed by atoms with Crippen LogP contribution in [0.15, 0.2) is 18.2 Å². The summed E-state index contributed by atoms with van der Waals surface area (Å²) < 4.78 is 20.3. The van der Waals surface area contributed by atoms with Crippen molar-refractivity contribution in [2.75, 3.05) is 18.9 Å². The summed E-state index contributed by atoms with van der Waals surface area (Å²) in [6, 6.07) is 4.56. The maximum absolute atomic E-state index is 13.1. The van der Waals surface area contributed by atoms with Crippen LogP contribution in [0.1, 0.15) is 19.9 Å². The molecule has 0 saturated carbocycles. The van der Waals surface area contributed by atoms with Gasteiger partial charge in [0.25, 0.3) is 0 Å². The van der Waals surface area contributed by atoms with E-state index < -0.39 is 0 Å². The maximum atomic E-state index is 13.1. The Labute approximate surface area is 99.2 Å². The number of fused-ring (bicyclic) bond motifs is 1. The number of ether oxygens (including phenoxy) is 1. The third kappa shape index (κ3) is 2.24. The van der Waals surface area contributed by atoms with Gasteiger partial charge in [-0.15, -0.1) is 0 Å². The van der Waals surface area contributed by atoms with Gasteiger partial charge in [0.2, 0.25) is 5.95 Å². The Hall–Kier alpha value is -1.62. The summed E-state index contributed by atoms with van der Waals surface area (Å²) in [7, 11) is 0. The van der Waals surface area contributed by atoms with Gasteiger partial charge in [0, 0.05) is 12.7 Å². The molecule has 0 radical (unpaired) electrons. The number of aromatic nitrogens is 2. The molecule has 0 aliphatic heterocycles. The normalized spacial score (nSPS) is 13.1. The van der Waals surface area contributed by atoms with Crippen molar-refractivity contribution in [3.63, 3.8) is 0 Å². The number of nitrogens with two attached hydrogens (primary N) is 1. The summed E-state index contributed by atoms with van der Waals surface area (Å²) in [5.74, 6) is 0.0809. The molecule has 0 aliphatic carbocycles. The standard InChI is InChI=1S/C12H16FN3O/c1-3-17-7-8(2)16-11-5-4-9(13)6-10(11)15-12(16)14/h4-6,8H,3,7H2,1-2H3,(H2,14,15). The molecule has 1 heterocycles. The Bertz CT molecular complexity index is 524. The van der Waals surface area contributed by atoms with Gasteiger partial charge in [-0.1, -0.05) is 0 Å². The molecule has 1 unspecified atom stereocenters. The monoisotopic (exact) mass is 237 g/mol. The number of nitrogen functional groups attached to an aromatic ring is 1. The van der Waals surface area contributed by atoms with Crippen molar-refractivity contribution < 1.29 is 9.13 Å². The molecule has 0 fully saturated rings. The van der Waals surface area contributed by atoms with Crippen LogP contribution in [-0.2, 0) is 4.74 Å². The van der Waals surface area contributed by atoms with Gasteiger partial charge in [0.15, 0.2) is 0 Å². The molecule has 92 valence electrons. The molecule has 2 N–H and O–H groups in total. The molecule has 2 aromatic rings. The summed E-state index contributed by atoms with van der Waals surface area (Å²) >= 11 is 0. The van der Waals surface area contributed by atoms with Crippen LogP contribution in [0.4, 0.5) is 10.3 Å². The van der Waals surface area contributed by atoms with Crippen molar-refractivity contribution in [1.82, 2.24) is 9.55 Å². The fourth-order valence-corrected chi connectivity index (χ4v) is 1.92. The van der Waals surface area contributed by atoms with Crippen molar-refractivity contribution in [2.45, 2.75) is 19.9 Å². The second-order valence-electron chi connectivity index (χ2n) is 3.98. The summed E-state index contributed by atoms with van der Waals surface area (Å²) in [4.78, 5) is 4.15. The van der Waals surface area contributed by atoms with Crippen LogP contribution in [0.25, 0.3) is 11.0 Å². The first-order valence-corrected chi connectivity index (χ1v) is 5.64. The van der Waals surface area contributed by atoms with Gasteiger partial charge in [0.05, 0.1) is 23.7 Å². The molecular formula is C12H16FN3O. The van der Waals surface area contributed by atoms with Crippen LogP contribution in [0.2, 0.25) is 0 Å². The van der Waals surface area contributed by atoms with E-state index >= 15 is 0 Å². The van der Waals surface area contributed by atoms with Gasteiger partial charge in [-0.2, -0.15) is 0 Å². The average molecular weight is 237 g/mol. The zero-order valence-corrected chi connectivity index (χ0v) is 9.98. The molecule has 1 atom stereocenters. The summed E-state index contributed by atoms with van der Waals surface area (Å²) in [6.45, 7) is 5.16. The quantitative estimate of drug-likeness (QED) is 0.888. The van der Waals surface area contributed by atoms with E-state index in [2.05, 4.69) is 4.98 Å². The van der Waals surface area contributed by atoms with Gasteiger partial charge >= 0.3 is 0 Å². The summed E-state index contributed by atoms with van der Waals surface area (Å²) in [6.07, 6.45) is 0. The minimum atomic E-state index is -0.306. The fraction of sp³-hybridized carbons (Fsp3) is 0.417. The van der Waals surface area contributed by atoms with Gasteiger partial charge in [-0.3, -0.25) is 0 Å². The second kappa shape index (κ2) is 4.71. The number of anilines is 1. The largest absolute Gasteiger partial charge is 0.380 e. The zero-order valence-electron chi connectivity index (χ0n) is 9.98. The van der Waals surface area contributed by atoms with E-state index in [0.29, 0.717) is 24.7 Å². The number of rotatable bonds is 4. The minimum Gasteiger partial charge on any atom is -0.380 e. The van der Waals surface area contributed by atoms with Crippen molar-refractivity contribution in [2.24, 2.45) is 0 Å². The zero-order chi connectivity index (χ0) is 12.4. The molecule has 0 bridgehead atoms. The van der Waals surface area contributed by atoms with Crippen molar-refractivity contribution >= 4 is 17.0 Å². The molecule has 0 amide bonds. The van der Waals surface area contributed by atoms with E-state index in [4.69, 9.17) is 10.5 Å². The van der Waals surface area contributed by atoms with Gasteiger partial charge in [-0.25, -0.2) is 9.37 Å². The van der Waals surface area contributed by atoms with E-state index in [1.54, 1.807) is 6.07 Å². The molecule has 17 heavy (non-hydrogen) atoms. The number of hydrogen-bond acceptors (Lipinski definition) is 3. The number of benzene rings is 1. The lowest BCUT2D eigenvalue weighted by atomic mass is 10.3. The molecule has 0 aliphatic rings. The SMILES string of the molecule is CCOCC(C)n1c(N)nc2cc(F)ccc21. The predicted molar refractivity (Wildman–Crippen MR) is 65.3 cm³/mol. The first-order valence-electron chi connectivity index (χ1n) is 5.64. The lowest BCUT2D eigenvalue weighted by Gasteiger charge is -2.15. The highest BCUT2D eigenvalue weighted by molar-refractivity contribution is 5.78. The van der Waals surface area contributed by atoms with Crippen LogP contribution in [0, 0.1) is 5.82 Å². The summed E-state index contributed by atoms with van der Waals surface area (Å²) in [5, 5.41) is 0. The highest BCUT2D eigenvalue weighted by Crippen LogP contribution is 2.23. The molecule has 2 rings (SSSR count). The van der Waals surface area contributed by atoms with E-state index in [0.717, 1.165) is 5.52 Å². The Morgan fingerprint density at radius 2 is 2.29 bits per heavy atom. The average Bonchev–Trinajstić information content (AvgIpc) is 2.61. The molecular weight excluding hydrogens is 221 g/mol. The molecule has 0 spiro atoms. The Morgan fingerprint density at radius 1 is 1.53 bits per heavy atom. The smallest absolute Gasteiger partial charge is 0.201 e. The van der Waals surface area contributed by atoms with Crippen LogP contribution < -0.4 is 5.73 Å². The Morgan fingerprint density at radius 3 is 3.00 bits per heavy atom. The Kier molecular flexibility index (Phi) is 3.28. The lowest BCUT2D eigenvalue weighted by Crippen LogP contribution is -2.14. The second-order valence-corrected chi connectivity index (χ2v) is 3.98. The highest BCUT2D eigenvalue weighted by Gasteiger charge is 2.14. The number of nitrogens with zero attached hydrogens (tertiary/aromatic N) is 2. The Balaban J connectivity index is 2.42. The van der Waals surface area contributed by atoms with Gasteiger partial charge in [0.1, 0.15) is 5.82 Å². The van der Waals surface area contributed by atoms with Crippen molar-refractivity contribution in [3.8, 4) is 0 Å².